The van der Waals surface area contributed by atoms with E-state index in [-0.39, 0.29) is 0 Å². The topological polar surface area (TPSA) is 0 Å². The van der Waals surface area contributed by atoms with Crippen LogP contribution in [0.1, 0.15) is 20.3 Å². The van der Waals surface area contributed by atoms with Crippen LogP contribution in [0.25, 0.3) is 0 Å². The van der Waals surface area contributed by atoms with Crippen molar-refractivity contribution in [1.29, 1.82) is 0 Å². The molecular formula is C9H8F12. The zero-order valence-electron chi connectivity index (χ0n) is 10.2. The van der Waals surface area contributed by atoms with Gasteiger partial charge in [0.15, 0.2) is 0 Å². The van der Waals surface area contributed by atoms with Gasteiger partial charge in [0.1, 0.15) is 0 Å². The van der Waals surface area contributed by atoms with Gasteiger partial charge in [-0.2, -0.15) is 39.5 Å². The molecule has 0 fully saturated rings. The maximum atomic E-state index is 13.0. The molecule has 0 aromatic carbocycles. The molecule has 0 saturated carbocycles. The lowest BCUT2D eigenvalue weighted by molar-refractivity contribution is -0.361. The lowest BCUT2D eigenvalue weighted by Crippen LogP contribution is -2.63. The zero-order chi connectivity index (χ0) is 17.7. The Bertz CT molecular complexity index is 371. The van der Waals surface area contributed by atoms with Crippen LogP contribution in [-0.4, -0.2) is 35.5 Å². The Kier molecular flexibility index (Phi) is 4.64. The molecule has 0 aromatic rings. The van der Waals surface area contributed by atoms with Crippen molar-refractivity contribution in [2.24, 2.45) is 0 Å². The van der Waals surface area contributed by atoms with E-state index >= 15 is 0 Å². The molecule has 0 aliphatic carbocycles. The Hall–Kier alpha value is -0.840. The predicted molar refractivity (Wildman–Crippen MR) is 45.6 cm³/mol. The highest BCUT2D eigenvalue weighted by Gasteiger charge is 2.79. The molecule has 0 saturated heterocycles. The minimum Gasteiger partial charge on any atom is -0.227 e. The highest BCUT2D eigenvalue weighted by molar-refractivity contribution is 5.06. The number of halogens is 12. The van der Waals surface area contributed by atoms with Crippen LogP contribution in [0.15, 0.2) is 0 Å². The van der Waals surface area contributed by atoms with E-state index in [1.54, 1.807) is 0 Å². The van der Waals surface area contributed by atoms with E-state index in [1.165, 1.54) is 0 Å². The molecular weight excluding hydrogens is 336 g/mol. The largest absolute Gasteiger partial charge is 0.428 e. The smallest absolute Gasteiger partial charge is 0.227 e. The standard InChI is InChI=1S/C9H8F12/c1-4(10,9(19,20)21)8(17,18)7(15,16)3-6(13,14)5(2,11)12/h3H2,1-2H3. The van der Waals surface area contributed by atoms with E-state index in [2.05, 4.69) is 0 Å². The predicted octanol–water partition coefficient (Wildman–Crippen LogP) is 5.23. The molecule has 1 atom stereocenters. The van der Waals surface area contributed by atoms with Crippen molar-refractivity contribution in [2.75, 3.05) is 0 Å². The number of hydrogen-bond donors (Lipinski definition) is 0. The monoisotopic (exact) mass is 344 g/mol. The molecule has 0 aliphatic rings. The molecule has 0 radical (unpaired) electrons. The lowest BCUT2D eigenvalue weighted by Gasteiger charge is -2.38. The summed E-state index contributed by atoms with van der Waals surface area (Å²) in [4.78, 5) is 0. The van der Waals surface area contributed by atoms with Crippen LogP contribution in [-0.2, 0) is 0 Å². The van der Waals surface area contributed by atoms with E-state index in [1.807, 2.05) is 0 Å². The number of rotatable bonds is 5. The Morgan fingerprint density at radius 1 is 0.571 bits per heavy atom. The number of alkyl halides is 12. The molecule has 0 aromatic heterocycles. The van der Waals surface area contributed by atoms with Crippen LogP contribution in [0.3, 0.4) is 0 Å². The van der Waals surface area contributed by atoms with Crippen molar-refractivity contribution in [3.05, 3.63) is 0 Å². The van der Waals surface area contributed by atoms with Crippen molar-refractivity contribution >= 4 is 0 Å². The first-order valence-electron chi connectivity index (χ1n) is 4.97. The second kappa shape index (κ2) is 4.83. The average Bonchev–Trinajstić information content (AvgIpc) is 2.11. The molecule has 0 spiro atoms. The highest BCUT2D eigenvalue weighted by Crippen LogP contribution is 2.55. The third-order valence-corrected chi connectivity index (χ3v) is 2.67. The van der Waals surface area contributed by atoms with Gasteiger partial charge >= 0.3 is 29.9 Å². The molecule has 128 valence electrons. The molecule has 1 unspecified atom stereocenters. The lowest BCUT2D eigenvalue weighted by atomic mass is 9.89. The SMILES string of the molecule is CC(F)(F)C(F)(F)CC(F)(F)C(F)(F)C(C)(F)C(F)(F)F. The van der Waals surface area contributed by atoms with Crippen LogP contribution in [0, 0.1) is 0 Å². The summed E-state index contributed by atoms with van der Waals surface area (Å²) in [5.41, 5.74) is -5.90. The molecule has 0 rings (SSSR count). The summed E-state index contributed by atoms with van der Waals surface area (Å²) in [6.07, 6.45) is -10.2. The summed E-state index contributed by atoms with van der Waals surface area (Å²) in [6.45, 7) is -1.59. The van der Waals surface area contributed by atoms with Gasteiger partial charge in [-0.3, -0.25) is 0 Å². The van der Waals surface area contributed by atoms with Crippen molar-refractivity contribution in [2.45, 2.75) is 55.8 Å². The van der Waals surface area contributed by atoms with Gasteiger partial charge in [-0.15, -0.1) is 0 Å². The van der Waals surface area contributed by atoms with Gasteiger partial charge in [-0.1, -0.05) is 0 Å². The van der Waals surface area contributed by atoms with Gasteiger partial charge in [0.2, 0.25) is 0 Å². The normalized spacial score (nSPS) is 18.6. The average molecular weight is 344 g/mol. The number of hydrogen-bond acceptors (Lipinski definition) is 0. The third-order valence-electron chi connectivity index (χ3n) is 2.67. The third kappa shape index (κ3) is 3.33. The van der Waals surface area contributed by atoms with Crippen LogP contribution >= 0.6 is 0 Å². The van der Waals surface area contributed by atoms with Gasteiger partial charge < -0.3 is 0 Å². The van der Waals surface area contributed by atoms with Gasteiger partial charge in [0.05, 0.1) is 6.42 Å². The van der Waals surface area contributed by atoms with Crippen LogP contribution in [0.2, 0.25) is 0 Å². The fourth-order valence-corrected chi connectivity index (χ4v) is 1.07. The summed E-state index contributed by atoms with van der Waals surface area (Å²) >= 11 is 0. The van der Waals surface area contributed by atoms with E-state index in [9.17, 15) is 52.7 Å². The maximum absolute atomic E-state index is 13.0. The van der Waals surface area contributed by atoms with Gasteiger partial charge in [-0.25, -0.2) is 13.2 Å². The molecule has 0 aliphatic heterocycles. The first-order chi connectivity index (χ1) is 8.71. The van der Waals surface area contributed by atoms with Crippen LogP contribution in [0.4, 0.5) is 52.7 Å². The van der Waals surface area contributed by atoms with Gasteiger partial charge in [-0.05, 0) is 6.92 Å². The fourth-order valence-electron chi connectivity index (χ4n) is 1.07. The molecule has 0 N–H and O–H groups in total. The Morgan fingerprint density at radius 3 is 1.14 bits per heavy atom. The highest BCUT2D eigenvalue weighted by atomic mass is 19.4. The van der Waals surface area contributed by atoms with Crippen molar-refractivity contribution in [1.82, 2.24) is 0 Å². The zero-order valence-corrected chi connectivity index (χ0v) is 10.2. The van der Waals surface area contributed by atoms with Gasteiger partial charge in [0, 0.05) is 6.92 Å². The first-order valence-corrected chi connectivity index (χ1v) is 4.97. The molecule has 0 heterocycles. The van der Waals surface area contributed by atoms with E-state index in [0.717, 1.165) is 0 Å². The Morgan fingerprint density at radius 2 is 0.905 bits per heavy atom. The summed E-state index contributed by atoms with van der Waals surface area (Å²) in [5.74, 6) is -24.1. The summed E-state index contributed by atoms with van der Waals surface area (Å²) in [5, 5.41) is 0. The van der Waals surface area contributed by atoms with E-state index in [4.69, 9.17) is 0 Å². The quantitative estimate of drug-likeness (QED) is 0.599. The fraction of sp³-hybridized carbons (Fsp3) is 1.00. The second-order valence-electron chi connectivity index (χ2n) is 4.55. The minimum atomic E-state index is -6.69. The summed E-state index contributed by atoms with van der Waals surface area (Å²) in [7, 11) is 0. The van der Waals surface area contributed by atoms with Crippen molar-refractivity contribution in [3.8, 4) is 0 Å². The first kappa shape index (κ1) is 20.2. The summed E-state index contributed by atoms with van der Waals surface area (Å²) in [6, 6.07) is 0. The molecule has 12 heteroatoms. The van der Waals surface area contributed by atoms with Crippen LogP contribution in [0.5, 0.6) is 0 Å². The second-order valence-corrected chi connectivity index (χ2v) is 4.55. The van der Waals surface area contributed by atoms with E-state index < -0.39 is 55.8 Å². The Balaban J connectivity index is 5.71. The van der Waals surface area contributed by atoms with Crippen LogP contribution < -0.4 is 0 Å². The maximum Gasteiger partial charge on any atom is 0.428 e. The minimum absolute atomic E-state index is 0.598. The van der Waals surface area contributed by atoms with Gasteiger partial charge in [0.25, 0.3) is 5.67 Å². The molecule has 0 amide bonds. The molecule has 21 heavy (non-hydrogen) atoms. The summed E-state index contributed by atoms with van der Waals surface area (Å²) < 4.78 is 151. The van der Waals surface area contributed by atoms with Crippen molar-refractivity contribution in [3.63, 3.8) is 0 Å². The molecule has 0 bridgehead atoms. The molecule has 0 nitrogen and oxygen atoms in total. The Labute approximate surface area is 110 Å². The van der Waals surface area contributed by atoms with E-state index in [0.29, 0.717) is 0 Å². The van der Waals surface area contributed by atoms with Crippen molar-refractivity contribution < 1.29 is 52.7 Å².